The molecular formula is C34H34ClN7O9. The van der Waals surface area contributed by atoms with Crippen molar-refractivity contribution in [2.45, 2.75) is 6.54 Å². The van der Waals surface area contributed by atoms with Crippen molar-refractivity contribution in [3.63, 3.8) is 0 Å². The van der Waals surface area contributed by atoms with Crippen LogP contribution in [-0.2, 0) is 20.8 Å². The number of benzene rings is 1. The van der Waals surface area contributed by atoms with Gasteiger partial charge in [0.25, 0.3) is 5.91 Å². The first-order chi connectivity index (χ1) is 24.7. The van der Waals surface area contributed by atoms with Crippen LogP contribution in [0.25, 0.3) is 11.3 Å². The predicted octanol–water partition coefficient (Wildman–Crippen LogP) is 1.84. The zero-order valence-electron chi connectivity index (χ0n) is 27.5. The fraction of sp³-hybridized carbons (Fsp3) is 0.294. The average Bonchev–Trinajstić information content (AvgIpc) is 3.17. The number of rotatable bonds is 6. The Labute approximate surface area is 295 Å². The molecule has 4 aromatic heterocycles. The Morgan fingerprint density at radius 3 is 1.78 bits per heavy atom. The fourth-order valence-corrected chi connectivity index (χ4v) is 5.75. The van der Waals surface area contributed by atoms with Crippen LogP contribution in [0.2, 0.25) is 5.02 Å². The first-order valence-corrected chi connectivity index (χ1v) is 16.3. The molecule has 16 nitrogen and oxygen atoms in total. The van der Waals surface area contributed by atoms with Crippen molar-refractivity contribution in [3.05, 3.63) is 104 Å². The van der Waals surface area contributed by atoms with Gasteiger partial charge in [0.1, 0.15) is 11.3 Å². The lowest BCUT2D eigenvalue weighted by Gasteiger charge is -2.28. The minimum absolute atomic E-state index is 0.148. The molecule has 5 aromatic rings. The highest BCUT2D eigenvalue weighted by molar-refractivity contribution is 6.31. The number of anilines is 2. The molecule has 2 fully saturated rings. The van der Waals surface area contributed by atoms with Gasteiger partial charge in [-0.05, 0) is 35.9 Å². The van der Waals surface area contributed by atoms with Gasteiger partial charge >= 0.3 is 17.1 Å². The summed E-state index contributed by atoms with van der Waals surface area (Å²) in [7, 11) is 1.16. The Kier molecular flexibility index (Phi) is 10.6. The largest absolute Gasteiger partial charge is 0.501 e. The number of esters is 1. The van der Waals surface area contributed by atoms with Crippen LogP contribution in [0.4, 0.5) is 11.4 Å². The molecule has 2 aliphatic rings. The Morgan fingerprint density at radius 2 is 1.27 bits per heavy atom. The molecule has 0 radical (unpaired) electrons. The van der Waals surface area contributed by atoms with Crippen molar-refractivity contribution in [1.82, 2.24) is 24.1 Å². The number of hydrogen-bond donors (Lipinski definition) is 3. The van der Waals surface area contributed by atoms with E-state index in [1.807, 2.05) is 12.1 Å². The Balaban J connectivity index is 0.000000183. The lowest BCUT2D eigenvalue weighted by molar-refractivity contribution is 0.0590. The van der Waals surface area contributed by atoms with Crippen LogP contribution in [0.5, 0.6) is 11.5 Å². The normalized spacial score (nSPS) is 14.5. The number of aromatic hydroxyl groups is 2. The number of morpholine rings is 2. The van der Waals surface area contributed by atoms with E-state index in [4.69, 9.17) is 21.1 Å². The van der Waals surface area contributed by atoms with Gasteiger partial charge in [0.2, 0.25) is 11.5 Å². The van der Waals surface area contributed by atoms with Crippen LogP contribution in [0, 0.1) is 0 Å². The second kappa shape index (κ2) is 15.5. The van der Waals surface area contributed by atoms with Crippen LogP contribution < -0.4 is 26.2 Å². The molecule has 2 saturated heterocycles. The van der Waals surface area contributed by atoms with Crippen molar-refractivity contribution < 1.29 is 34.0 Å². The number of nitrogens with one attached hydrogen (secondary N) is 1. The van der Waals surface area contributed by atoms with Gasteiger partial charge in [-0.15, -0.1) is 0 Å². The summed E-state index contributed by atoms with van der Waals surface area (Å²) in [4.78, 5) is 61.2. The van der Waals surface area contributed by atoms with Crippen molar-refractivity contribution in [2.75, 3.05) is 69.5 Å². The number of ether oxygens (including phenoxy) is 3. The first-order valence-electron chi connectivity index (χ1n) is 15.9. The van der Waals surface area contributed by atoms with Crippen LogP contribution in [0.3, 0.4) is 0 Å². The third kappa shape index (κ3) is 7.57. The maximum absolute atomic E-state index is 12.6. The summed E-state index contributed by atoms with van der Waals surface area (Å²) in [6.07, 6.45) is 3.21. The fourth-order valence-electron chi connectivity index (χ4n) is 5.55. The highest BCUT2D eigenvalue weighted by Gasteiger charge is 2.22. The molecule has 0 bridgehead atoms. The molecule has 1 amide bonds. The van der Waals surface area contributed by atoms with Crippen LogP contribution in [0.15, 0.2) is 70.5 Å². The zero-order chi connectivity index (χ0) is 36.1. The maximum Gasteiger partial charge on any atom is 0.360 e. The molecule has 17 heteroatoms. The van der Waals surface area contributed by atoms with Crippen molar-refractivity contribution in [3.8, 4) is 11.5 Å². The number of pyridine rings is 2. The predicted molar refractivity (Wildman–Crippen MR) is 186 cm³/mol. The van der Waals surface area contributed by atoms with Crippen LogP contribution >= 0.6 is 11.6 Å². The molecule has 0 spiro atoms. The number of fused-ring (bicyclic) bond motifs is 2. The van der Waals surface area contributed by atoms with Crippen molar-refractivity contribution in [1.29, 1.82) is 0 Å². The van der Waals surface area contributed by atoms with Crippen LogP contribution in [0.1, 0.15) is 26.5 Å². The molecule has 0 saturated carbocycles. The van der Waals surface area contributed by atoms with Gasteiger partial charge in [0.15, 0.2) is 11.4 Å². The third-order valence-electron chi connectivity index (χ3n) is 8.31. The Morgan fingerprint density at radius 1 is 0.784 bits per heavy atom. The number of aromatic nitrogens is 4. The van der Waals surface area contributed by atoms with Gasteiger partial charge in [-0.3, -0.25) is 23.2 Å². The summed E-state index contributed by atoms with van der Waals surface area (Å²) in [6, 6.07) is 14.0. The quantitative estimate of drug-likeness (QED) is 0.216. The van der Waals surface area contributed by atoms with E-state index in [0.29, 0.717) is 44.5 Å². The van der Waals surface area contributed by atoms with E-state index < -0.39 is 34.5 Å². The molecular weight excluding hydrogens is 686 g/mol. The van der Waals surface area contributed by atoms with E-state index in [2.05, 4.69) is 29.8 Å². The van der Waals surface area contributed by atoms with E-state index in [0.717, 1.165) is 37.1 Å². The summed E-state index contributed by atoms with van der Waals surface area (Å²) >= 11 is 6.09. The number of carbonyl (C=O) groups is 2. The van der Waals surface area contributed by atoms with Crippen molar-refractivity contribution >= 4 is 46.1 Å². The average molecular weight is 720 g/mol. The smallest absolute Gasteiger partial charge is 0.360 e. The second-order valence-electron chi connectivity index (χ2n) is 11.4. The van der Waals surface area contributed by atoms with E-state index >= 15 is 0 Å². The minimum Gasteiger partial charge on any atom is -0.501 e. The molecule has 266 valence electrons. The highest BCUT2D eigenvalue weighted by atomic mass is 35.5. The lowest BCUT2D eigenvalue weighted by Crippen LogP contribution is -2.36. The molecule has 6 heterocycles. The summed E-state index contributed by atoms with van der Waals surface area (Å²) in [5, 5.41) is 23.3. The van der Waals surface area contributed by atoms with Gasteiger partial charge in [0, 0.05) is 50.1 Å². The van der Waals surface area contributed by atoms with Gasteiger partial charge in [-0.2, -0.15) is 0 Å². The molecule has 0 unspecified atom stereocenters. The van der Waals surface area contributed by atoms with E-state index in [-0.39, 0.29) is 29.2 Å². The molecule has 1 aromatic carbocycles. The number of carbonyl (C=O) groups excluding carboxylic acids is 2. The molecule has 7 rings (SSSR count). The molecule has 3 N–H and O–H groups in total. The summed E-state index contributed by atoms with van der Waals surface area (Å²) < 4.78 is 17.6. The number of nitrogens with zero attached hydrogens (tertiary/aromatic N) is 6. The number of hydrogen-bond acceptors (Lipinski definition) is 13. The lowest BCUT2D eigenvalue weighted by atomic mass is 10.2. The number of halogens is 1. The summed E-state index contributed by atoms with van der Waals surface area (Å²) in [5.41, 5.74) is 0.786. The molecule has 0 atom stereocenters. The Bertz CT molecular complexity index is 2210. The highest BCUT2D eigenvalue weighted by Crippen LogP contribution is 2.20. The topological polar surface area (TPSA) is 190 Å². The number of methoxy groups -OCH3 is 1. The molecule has 2 aliphatic heterocycles. The van der Waals surface area contributed by atoms with E-state index in [1.165, 1.54) is 8.80 Å². The second-order valence-corrected chi connectivity index (χ2v) is 11.8. The summed E-state index contributed by atoms with van der Waals surface area (Å²) in [5.74, 6) is -2.92. The first kappa shape index (κ1) is 35.1. The van der Waals surface area contributed by atoms with Gasteiger partial charge in [0.05, 0.1) is 44.9 Å². The zero-order valence-corrected chi connectivity index (χ0v) is 28.2. The minimum atomic E-state index is -0.852. The van der Waals surface area contributed by atoms with Crippen molar-refractivity contribution in [2.24, 2.45) is 0 Å². The molecule has 0 aliphatic carbocycles. The monoisotopic (exact) mass is 719 g/mol. The maximum atomic E-state index is 12.6. The van der Waals surface area contributed by atoms with Gasteiger partial charge < -0.3 is 39.5 Å². The standard InChI is InChI=1S/C20H19ClN4O4.C14H15N3O5/c21-15-4-2-1-3-13(15)11-22-19(27)17-18(26)20(28)25-12-14(5-6-16(25)23-17)24-7-9-29-10-8-24;1-21-14(20)11-12(18)13(19)17-8-9(2-3-10(17)15-11)16-4-6-22-7-5-16/h1-6,12,26H,7-11H2,(H,22,27);2-3,8,18H,4-7H2,1H3. The SMILES string of the molecule is COC(=O)c1nc2ccc(N3CCOCC3)cn2c(=O)c1O.O=C(NCc1ccccc1Cl)c1nc2ccc(N3CCOCC3)cn2c(=O)c1O. The van der Waals surface area contributed by atoms with E-state index in [1.54, 1.807) is 48.8 Å². The van der Waals surface area contributed by atoms with E-state index in [9.17, 15) is 29.4 Å². The third-order valence-corrected chi connectivity index (χ3v) is 8.68. The van der Waals surface area contributed by atoms with Crippen LogP contribution in [-0.4, -0.2) is 101 Å². The molecule has 51 heavy (non-hydrogen) atoms. The van der Waals surface area contributed by atoms with Gasteiger partial charge in [-0.25, -0.2) is 14.8 Å². The van der Waals surface area contributed by atoms with Gasteiger partial charge in [-0.1, -0.05) is 29.8 Å². The summed E-state index contributed by atoms with van der Waals surface area (Å²) in [6.45, 7) is 5.48. The number of amides is 1. The Hall–Kier alpha value is -5.71.